The van der Waals surface area contributed by atoms with E-state index in [2.05, 4.69) is 10.4 Å². The van der Waals surface area contributed by atoms with E-state index >= 15 is 0 Å². The summed E-state index contributed by atoms with van der Waals surface area (Å²) in [5.74, 6) is 0.304. The van der Waals surface area contributed by atoms with E-state index in [1.165, 1.54) is 0 Å². The number of halogens is 1. The third-order valence-corrected chi connectivity index (χ3v) is 5.71. The van der Waals surface area contributed by atoms with Crippen LogP contribution in [0.15, 0.2) is 60.7 Å². The van der Waals surface area contributed by atoms with Crippen LogP contribution in [0.2, 0.25) is 5.02 Å². The van der Waals surface area contributed by atoms with Crippen LogP contribution in [0.1, 0.15) is 24.1 Å². The topological polar surface area (TPSA) is 67.2 Å². The Kier molecular flexibility index (Phi) is 6.37. The minimum atomic E-state index is -0.253. The van der Waals surface area contributed by atoms with Crippen LogP contribution in [-0.2, 0) is 16.0 Å². The number of aromatic nitrogens is 2. The number of carbonyl (C=O) groups excluding carboxylic acids is 2. The van der Waals surface area contributed by atoms with Gasteiger partial charge >= 0.3 is 0 Å². The zero-order chi connectivity index (χ0) is 21.8. The maximum Gasteiger partial charge on any atom is 0.230 e. The van der Waals surface area contributed by atoms with Gasteiger partial charge in [-0.05, 0) is 43.5 Å². The molecule has 0 spiro atoms. The fraction of sp³-hybridized carbons (Fsp3) is 0.292. The second kappa shape index (κ2) is 9.35. The van der Waals surface area contributed by atoms with Gasteiger partial charge in [-0.25, -0.2) is 4.68 Å². The minimum Gasteiger partial charge on any atom is -0.342 e. The molecule has 0 aliphatic carbocycles. The van der Waals surface area contributed by atoms with Crippen molar-refractivity contribution in [3.8, 4) is 5.69 Å². The van der Waals surface area contributed by atoms with E-state index in [0.717, 1.165) is 29.8 Å². The van der Waals surface area contributed by atoms with Crippen LogP contribution < -0.4 is 5.32 Å². The predicted molar refractivity (Wildman–Crippen MR) is 121 cm³/mol. The van der Waals surface area contributed by atoms with Crippen LogP contribution in [0, 0.1) is 12.8 Å². The molecule has 2 heterocycles. The summed E-state index contributed by atoms with van der Waals surface area (Å²) in [4.78, 5) is 27.6. The van der Waals surface area contributed by atoms with E-state index in [4.69, 9.17) is 11.6 Å². The standard InChI is InChI=1S/C24H25ClN4O2/c1-17-13-22(29(27-17)21-11-5-10-20(25)15-21)26-24(31)19-9-6-12-28(16-19)23(30)14-18-7-3-2-4-8-18/h2-5,7-8,10-11,13,15,19H,6,9,12,14,16H2,1H3,(H,26,31). The summed E-state index contributed by atoms with van der Waals surface area (Å²) in [5, 5.41) is 8.10. The number of nitrogens with one attached hydrogen (secondary N) is 1. The first kappa shape index (κ1) is 21.1. The molecule has 1 fully saturated rings. The van der Waals surface area contributed by atoms with Crippen molar-refractivity contribution in [3.05, 3.63) is 76.9 Å². The van der Waals surface area contributed by atoms with Gasteiger partial charge in [0.25, 0.3) is 0 Å². The molecule has 1 atom stereocenters. The molecule has 0 saturated carbocycles. The van der Waals surface area contributed by atoms with Gasteiger partial charge < -0.3 is 10.2 Å². The van der Waals surface area contributed by atoms with Crippen LogP contribution in [0.4, 0.5) is 5.82 Å². The van der Waals surface area contributed by atoms with Gasteiger partial charge in [-0.2, -0.15) is 5.10 Å². The molecule has 31 heavy (non-hydrogen) atoms. The van der Waals surface area contributed by atoms with E-state index in [1.54, 1.807) is 21.7 Å². The molecule has 160 valence electrons. The lowest BCUT2D eigenvalue weighted by atomic mass is 9.96. The van der Waals surface area contributed by atoms with Crippen molar-refractivity contribution < 1.29 is 9.59 Å². The average molecular weight is 437 g/mol. The van der Waals surface area contributed by atoms with Crippen LogP contribution in [0.3, 0.4) is 0 Å². The maximum atomic E-state index is 13.0. The molecule has 0 radical (unpaired) electrons. The molecule has 4 rings (SSSR count). The van der Waals surface area contributed by atoms with Crippen LogP contribution in [-0.4, -0.2) is 39.6 Å². The number of hydrogen-bond acceptors (Lipinski definition) is 3. The number of carbonyl (C=O) groups is 2. The summed E-state index contributed by atoms with van der Waals surface area (Å²) >= 11 is 6.12. The van der Waals surface area contributed by atoms with Gasteiger partial charge in [0.15, 0.2) is 0 Å². The zero-order valence-electron chi connectivity index (χ0n) is 17.4. The third kappa shape index (κ3) is 5.14. The highest BCUT2D eigenvalue weighted by atomic mass is 35.5. The van der Waals surface area contributed by atoms with E-state index in [-0.39, 0.29) is 17.7 Å². The lowest BCUT2D eigenvalue weighted by Gasteiger charge is -2.32. The summed E-state index contributed by atoms with van der Waals surface area (Å²) in [7, 11) is 0. The molecule has 1 unspecified atom stereocenters. The molecule has 1 aromatic heterocycles. The number of benzene rings is 2. The van der Waals surface area contributed by atoms with Gasteiger partial charge in [-0.1, -0.05) is 48.0 Å². The Labute approximate surface area is 186 Å². The summed E-state index contributed by atoms with van der Waals surface area (Å²) in [6.07, 6.45) is 1.92. The zero-order valence-corrected chi connectivity index (χ0v) is 18.2. The summed E-state index contributed by atoms with van der Waals surface area (Å²) in [5.41, 5.74) is 2.55. The molecule has 1 aliphatic heterocycles. The molecule has 2 amide bonds. The molecule has 6 nitrogen and oxygen atoms in total. The summed E-state index contributed by atoms with van der Waals surface area (Å²) in [6.45, 7) is 3.00. The Hall–Kier alpha value is -3.12. The number of rotatable bonds is 5. The SMILES string of the molecule is Cc1cc(NC(=O)C2CCCN(C(=O)Cc3ccccc3)C2)n(-c2cccc(Cl)c2)n1. The molecule has 0 bridgehead atoms. The van der Waals surface area contributed by atoms with Crippen LogP contribution in [0.5, 0.6) is 0 Å². The highest BCUT2D eigenvalue weighted by molar-refractivity contribution is 6.30. The lowest BCUT2D eigenvalue weighted by molar-refractivity contribution is -0.133. The fourth-order valence-electron chi connectivity index (χ4n) is 3.92. The third-order valence-electron chi connectivity index (χ3n) is 5.48. The van der Waals surface area contributed by atoms with Crippen molar-refractivity contribution in [3.63, 3.8) is 0 Å². The van der Waals surface area contributed by atoms with Gasteiger partial charge in [-0.3, -0.25) is 9.59 Å². The number of likely N-dealkylation sites (tertiary alicyclic amines) is 1. The van der Waals surface area contributed by atoms with E-state index in [1.807, 2.05) is 55.5 Å². The molecule has 2 aromatic carbocycles. The second-order valence-corrected chi connectivity index (χ2v) is 8.33. The summed E-state index contributed by atoms with van der Waals surface area (Å²) in [6, 6.07) is 18.9. The van der Waals surface area contributed by atoms with Crippen molar-refractivity contribution in [1.82, 2.24) is 14.7 Å². The van der Waals surface area contributed by atoms with Gasteiger partial charge in [-0.15, -0.1) is 0 Å². The number of hydrogen-bond donors (Lipinski definition) is 1. The number of piperidine rings is 1. The first-order chi connectivity index (χ1) is 15.0. The Bertz CT molecular complexity index is 1080. The number of nitrogens with zero attached hydrogens (tertiary/aromatic N) is 3. The van der Waals surface area contributed by atoms with Crippen molar-refractivity contribution in [2.45, 2.75) is 26.2 Å². The molecular formula is C24H25ClN4O2. The minimum absolute atomic E-state index is 0.0588. The smallest absolute Gasteiger partial charge is 0.230 e. The largest absolute Gasteiger partial charge is 0.342 e. The molecule has 1 saturated heterocycles. The highest BCUT2D eigenvalue weighted by Gasteiger charge is 2.29. The molecule has 1 aliphatic rings. The number of amides is 2. The second-order valence-electron chi connectivity index (χ2n) is 7.89. The van der Waals surface area contributed by atoms with Crippen molar-refractivity contribution in [1.29, 1.82) is 0 Å². The predicted octanol–water partition coefficient (Wildman–Crippen LogP) is 4.25. The van der Waals surface area contributed by atoms with Crippen LogP contribution >= 0.6 is 11.6 Å². The highest BCUT2D eigenvalue weighted by Crippen LogP contribution is 2.23. The van der Waals surface area contributed by atoms with Crippen molar-refractivity contribution in [2.75, 3.05) is 18.4 Å². The number of anilines is 1. The van der Waals surface area contributed by atoms with Gasteiger partial charge in [0, 0.05) is 24.2 Å². The Morgan fingerprint density at radius 2 is 1.94 bits per heavy atom. The number of aryl methyl sites for hydroxylation is 1. The van der Waals surface area contributed by atoms with E-state index < -0.39 is 0 Å². The Morgan fingerprint density at radius 3 is 2.71 bits per heavy atom. The summed E-state index contributed by atoms with van der Waals surface area (Å²) < 4.78 is 1.68. The lowest BCUT2D eigenvalue weighted by Crippen LogP contribution is -2.44. The average Bonchev–Trinajstić information content (AvgIpc) is 3.14. The quantitative estimate of drug-likeness (QED) is 0.650. The van der Waals surface area contributed by atoms with Crippen molar-refractivity contribution in [2.24, 2.45) is 5.92 Å². The van der Waals surface area contributed by atoms with Gasteiger partial charge in [0.1, 0.15) is 5.82 Å². The fourth-order valence-corrected chi connectivity index (χ4v) is 4.11. The van der Waals surface area contributed by atoms with E-state index in [0.29, 0.717) is 30.4 Å². The monoisotopic (exact) mass is 436 g/mol. The molecule has 7 heteroatoms. The molecule has 1 N–H and O–H groups in total. The normalized spacial score (nSPS) is 16.2. The first-order valence-electron chi connectivity index (χ1n) is 10.4. The Balaban J connectivity index is 1.44. The van der Waals surface area contributed by atoms with E-state index in [9.17, 15) is 9.59 Å². The van der Waals surface area contributed by atoms with Gasteiger partial charge in [0.05, 0.1) is 23.7 Å². The molecular weight excluding hydrogens is 412 g/mol. The van der Waals surface area contributed by atoms with Crippen LogP contribution in [0.25, 0.3) is 5.69 Å². The van der Waals surface area contributed by atoms with Gasteiger partial charge in [0.2, 0.25) is 11.8 Å². The molecule has 3 aromatic rings. The van der Waals surface area contributed by atoms with Crippen molar-refractivity contribution >= 4 is 29.2 Å². The Morgan fingerprint density at radius 1 is 1.13 bits per heavy atom. The maximum absolute atomic E-state index is 13.0. The first-order valence-corrected chi connectivity index (χ1v) is 10.8.